The van der Waals surface area contributed by atoms with Gasteiger partial charge in [0.1, 0.15) is 5.82 Å². The molecule has 0 aromatic heterocycles. The number of rotatable bonds is 3. The van der Waals surface area contributed by atoms with Crippen LogP contribution in [0.25, 0.3) is 0 Å². The van der Waals surface area contributed by atoms with Crippen LogP contribution in [0.1, 0.15) is 22.3 Å². The molecule has 1 aromatic rings. The minimum atomic E-state index is -0.418. The summed E-state index contributed by atoms with van der Waals surface area (Å²) in [6.45, 7) is 4.35. The van der Waals surface area contributed by atoms with Crippen LogP contribution >= 0.6 is 0 Å². The van der Waals surface area contributed by atoms with Gasteiger partial charge in [-0.2, -0.15) is 0 Å². The Kier molecular flexibility index (Phi) is 3.97. The van der Waals surface area contributed by atoms with E-state index in [1.54, 1.807) is 19.1 Å². The highest BCUT2D eigenvalue weighted by Gasteiger charge is 2.20. The highest BCUT2D eigenvalue weighted by atomic mass is 19.1. The number of halogens is 1. The van der Waals surface area contributed by atoms with Crippen molar-refractivity contribution >= 4 is 5.91 Å². The van der Waals surface area contributed by atoms with Crippen molar-refractivity contribution in [2.24, 2.45) is 5.92 Å². The van der Waals surface area contributed by atoms with Gasteiger partial charge in [-0.15, -0.1) is 0 Å². The molecular weight excluding hydrogens is 231 g/mol. The molecular formula is C14H19FN2O. The van der Waals surface area contributed by atoms with Crippen LogP contribution in [0.5, 0.6) is 0 Å². The predicted octanol–water partition coefficient (Wildman–Crippen LogP) is 1.82. The first-order valence-corrected chi connectivity index (χ1v) is 6.30. The average molecular weight is 250 g/mol. The quantitative estimate of drug-likeness (QED) is 0.887. The summed E-state index contributed by atoms with van der Waals surface area (Å²) < 4.78 is 13.7. The van der Waals surface area contributed by atoms with Gasteiger partial charge in [-0.3, -0.25) is 4.79 Å². The van der Waals surface area contributed by atoms with E-state index in [2.05, 4.69) is 17.3 Å². The molecule has 0 spiro atoms. The van der Waals surface area contributed by atoms with Gasteiger partial charge in [0.2, 0.25) is 0 Å². The Hall–Kier alpha value is -1.42. The third-order valence-corrected chi connectivity index (χ3v) is 3.48. The molecule has 1 amide bonds. The fourth-order valence-corrected chi connectivity index (χ4v) is 2.35. The Morgan fingerprint density at radius 1 is 1.56 bits per heavy atom. The van der Waals surface area contributed by atoms with E-state index >= 15 is 0 Å². The minimum Gasteiger partial charge on any atom is -0.352 e. The lowest BCUT2D eigenvalue weighted by Gasteiger charge is -2.12. The Labute approximate surface area is 107 Å². The number of carbonyl (C=O) groups is 1. The molecule has 1 unspecified atom stereocenters. The van der Waals surface area contributed by atoms with Gasteiger partial charge >= 0.3 is 0 Å². The summed E-state index contributed by atoms with van der Waals surface area (Å²) in [5.41, 5.74) is 0.643. The number of nitrogens with zero attached hydrogens (tertiary/aromatic N) is 1. The molecule has 4 heteroatoms. The second kappa shape index (κ2) is 5.48. The maximum atomic E-state index is 13.7. The second-order valence-electron chi connectivity index (χ2n) is 5.06. The predicted molar refractivity (Wildman–Crippen MR) is 69.1 cm³/mol. The van der Waals surface area contributed by atoms with Crippen LogP contribution in [0.3, 0.4) is 0 Å². The lowest BCUT2D eigenvalue weighted by atomic mass is 10.1. The molecule has 1 heterocycles. The summed E-state index contributed by atoms with van der Waals surface area (Å²) in [7, 11) is 2.07. The Balaban J connectivity index is 1.94. The zero-order valence-electron chi connectivity index (χ0n) is 10.9. The molecule has 0 saturated carbocycles. The highest BCUT2D eigenvalue weighted by Crippen LogP contribution is 2.14. The molecule has 1 atom stereocenters. The number of nitrogens with one attached hydrogen (secondary N) is 1. The zero-order chi connectivity index (χ0) is 13.1. The first-order chi connectivity index (χ1) is 8.58. The number of benzene rings is 1. The summed E-state index contributed by atoms with van der Waals surface area (Å²) in [5, 5.41) is 2.82. The number of hydrogen-bond donors (Lipinski definition) is 1. The van der Waals surface area contributed by atoms with Crippen LogP contribution in [0.2, 0.25) is 0 Å². The molecule has 1 aromatic carbocycles. The van der Waals surface area contributed by atoms with E-state index in [0.29, 0.717) is 18.0 Å². The van der Waals surface area contributed by atoms with Gasteiger partial charge in [0.25, 0.3) is 5.91 Å². The first kappa shape index (κ1) is 13.0. The van der Waals surface area contributed by atoms with Crippen LogP contribution in [0.4, 0.5) is 4.39 Å². The molecule has 0 bridgehead atoms. The van der Waals surface area contributed by atoms with Crippen LogP contribution in [0, 0.1) is 18.7 Å². The lowest BCUT2D eigenvalue weighted by Crippen LogP contribution is -2.31. The van der Waals surface area contributed by atoms with Crippen molar-refractivity contribution in [3.63, 3.8) is 0 Å². The fourth-order valence-electron chi connectivity index (χ4n) is 2.35. The van der Waals surface area contributed by atoms with Crippen molar-refractivity contribution in [1.29, 1.82) is 0 Å². The molecule has 2 rings (SSSR count). The van der Waals surface area contributed by atoms with E-state index in [-0.39, 0.29) is 11.5 Å². The monoisotopic (exact) mass is 250 g/mol. The van der Waals surface area contributed by atoms with Gasteiger partial charge in [0.05, 0.1) is 5.56 Å². The standard InChI is InChI=1S/C14H19FN2O/c1-10-4-3-5-12(13(10)15)14(18)16-8-11-6-7-17(2)9-11/h3-5,11H,6-9H2,1-2H3,(H,16,18). The van der Waals surface area contributed by atoms with E-state index in [9.17, 15) is 9.18 Å². The van der Waals surface area contributed by atoms with Crippen molar-refractivity contribution in [1.82, 2.24) is 10.2 Å². The molecule has 1 N–H and O–H groups in total. The lowest BCUT2D eigenvalue weighted by molar-refractivity contribution is 0.0943. The Morgan fingerprint density at radius 3 is 3.00 bits per heavy atom. The van der Waals surface area contributed by atoms with E-state index in [4.69, 9.17) is 0 Å². The molecule has 98 valence electrons. The third kappa shape index (κ3) is 2.88. The molecule has 1 saturated heterocycles. The largest absolute Gasteiger partial charge is 0.352 e. The average Bonchev–Trinajstić information content (AvgIpc) is 2.76. The van der Waals surface area contributed by atoms with Crippen molar-refractivity contribution in [3.05, 3.63) is 35.1 Å². The van der Waals surface area contributed by atoms with E-state index in [1.165, 1.54) is 6.07 Å². The van der Waals surface area contributed by atoms with Gasteiger partial charge < -0.3 is 10.2 Å². The summed E-state index contributed by atoms with van der Waals surface area (Å²) in [5.74, 6) is -0.254. The van der Waals surface area contributed by atoms with Crippen LogP contribution in [-0.2, 0) is 0 Å². The van der Waals surface area contributed by atoms with Crippen LogP contribution in [0.15, 0.2) is 18.2 Å². The van der Waals surface area contributed by atoms with Crippen molar-refractivity contribution in [3.8, 4) is 0 Å². The number of carbonyl (C=O) groups excluding carboxylic acids is 1. The molecule has 3 nitrogen and oxygen atoms in total. The second-order valence-corrected chi connectivity index (χ2v) is 5.06. The van der Waals surface area contributed by atoms with Gasteiger partial charge in [0.15, 0.2) is 0 Å². The zero-order valence-corrected chi connectivity index (χ0v) is 10.9. The van der Waals surface area contributed by atoms with Gasteiger partial charge in [0, 0.05) is 13.1 Å². The number of hydrogen-bond acceptors (Lipinski definition) is 2. The van der Waals surface area contributed by atoms with Crippen molar-refractivity contribution < 1.29 is 9.18 Å². The SMILES string of the molecule is Cc1cccc(C(=O)NCC2CCN(C)C2)c1F. The summed E-state index contributed by atoms with van der Waals surface area (Å²) in [6.07, 6.45) is 1.09. The summed E-state index contributed by atoms with van der Waals surface area (Å²) in [6, 6.07) is 4.90. The number of aryl methyl sites for hydroxylation is 1. The maximum absolute atomic E-state index is 13.7. The first-order valence-electron chi connectivity index (χ1n) is 6.30. The normalized spacial score (nSPS) is 20.1. The van der Waals surface area contributed by atoms with E-state index in [0.717, 1.165) is 19.5 Å². The fraction of sp³-hybridized carbons (Fsp3) is 0.500. The smallest absolute Gasteiger partial charge is 0.254 e. The van der Waals surface area contributed by atoms with Gasteiger partial charge in [-0.05, 0) is 44.5 Å². The molecule has 1 fully saturated rings. The Bertz CT molecular complexity index is 447. The summed E-state index contributed by atoms with van der Waals surface area (Å²) in [4.78, 5) is 14.1. The summed E-state index contributed by atoms with van der Waals surface area (Å²) >= 11 is 0. The van der Waals surface area contributed by atoms with Crippen LogP contribution < -0.4 is 5.32 Å². The van der Waals surface area contributed by atoms with E-state index < -0.39 is 5.82 Å². The van der Waals surface area contributed by atoms with E-state index in [1.807, 2.05) is 0 Å². The molecule has 18 heavy (non-hydrogen) atoms. The maximum Gasteiger partial charge on any atom is 0.254 e. The topological polar surface area (TPSA) is 32.3 Å². The van der Waals surface area contributed by atoms with Gasteiger partial charge in [-0.1, -0.05) is 12.1 Å². The highest BCUT2D eigenvalue weighted by molar-refractivity contribution is 5.94. The van der Waals surface area contributed by atoms with Crippen molar-refractivity contribution in [2.45, 2.75) is 13.3 Å². The molecule has 1 aliphatic heterocycles. The van der Waals surface area contributed by atoms with Crippen molar-refractivity contribution in [2.75, 3.05) is 26.7 Å². The number of amides is 1. The van der Waals surface area contributed by atoms with Gasteiger partial charge in [-0.25, -0.2) is 4.39 Å². The molecule has 0 aliphatic carbocycles. The Morgan fingerprint density at radius 2 is 2.33 bits per heavy atom. The minimum absolute atomic E-state index is 0.140. The third-order valence-electron chi connectivity index (χ3n) is 3.48. The molecule has 0 radical (unpaired) electrons. The number of likely N-dealkylation sites (tertiary alicyclic amines) is 1. The molecule has 1 aliphatic rings. The van der Waals surface area contributed by atoms with Crippen LogP contribution in [-0.4, -0.2) is 37.5 Å².